The molecule has 0 aliphatic carbocycles. The minimum atomic E-state index is 0.478. The second-order valence-corrected chi connectivity index (χ2v) is 5.46. The van der Waals surface area contributed by atoms with E-state index >= 15 is 0 Å². The highest BCUT2D eigenvalue weighted by Crippen LogP contribution is 2.34. The van der Waals surface area contributed by atoms with Crippen molar-refractivity contribution in [3.63, 3.8) is 0 Å². The molecule has 1 N–H and O–H groups in total. The first-order valence-corrected chi connectivity index (χ1v) is 6.82. The zero-order chi connectivity index (χ0) is 13.1. The van der Waals surface area contributed by atoms with Gasteiger partial charge in [0.1, 0.15) is 5.75 Å². The van der Waals surface area contributed by atoms with Crippen LogP contribution in [0.1, 0.15) is 13.8 Å². The number of nitrogens with zero attached hydrogens (tertiary/aromatic N) is 1. The third kappa shape index (κ3) is 2.73. The fraction of sp³-hybridized carbons (Fsp3) is 0.571. The van der Waals surface area contributed by atoms with Crippen molar-refractivity contribution in [2.45, 2.75) is 19.9 Å². The molecule has 0 amide bonds. The van der Waals surface area contributed by atoms with Gasteiger partial charge in [-0.05, 0) is 24.1 Å². The summed E-state index contributed by atoms with van der Waals surface area (Å²) in [5, 5.41) is 4.21. The molecule has 1 saturated heterocycles. The van der Waals surface area contributed by atoms with E-state index in [-0.39, 0.29) is 0 Å². The van der Waals surface area contributed by atoms with Crippen LogP contribution in [-0.4, -0.2) is 32.8 Å². The minimum Gasteiger partial charge on any atom is -0.495 e. The van der Waals surface area contributed by atoms with Gasteiger partial charge in [-0.15, -0.1) is 0 Å². The summed E-state index contributed by atoms with van der Waals surface area (Å²) in [6.07, 6.45) is 0. The number of hydrogen-bond donors (Lipinski definition) is 1. The van der Waals surface area contributed by atoms with Crippen molar-refractivity contribution < 1.29 is 4.74 Å². The summed E-state index contributed by atoms with van der Waals surface area (Å²) in [6.45, 7) is 7.50. The van der Waals surface area contributed by atoms with Crippen LogP contribution in [-0.2, 0) is 0 Å². The molecular formula is C14H21ClN2O. The summed E-state index contributed by atoms with van der Waals surface area (Å²) in [7, 11) is 1.71. The molecule has 1 aromatic carbocycles. The summed E-state index contributed by atoms with van der Waals surface area (Å²) in [4.78, 5) is 2.41. The largest absolute Gasteiger partial charge is 0.495 e. The highest BCUT2D eigenvalue weighted by Gasteiger charge is 2.27. The summed E-state index contributed by atoms with van der Waals surface area (Å²) >= 11 is 6.12. The van der Waals surface area contributed by atoms with Crippen LogP contribution in [0.2, 0.25) is 5.02 Å². The van der Waals surface area contributed by atoms with Gasteiger partial charge >= 0.3 is 0 Å². The molecule has 2 rings (SSSR count). The Morgan fingerprint density at radius 3 is 2.89 bits per heavy atom. The Morgan fingerprint density at radius 1 is 1.44 bits per heavy atom. The summed E-state index contributed by atoms with van der Waals surface area (Å²) < 4.78 is 5.46. The molecule has 0 radical (unpaired) electrons. The average Bonchev–Trinajstić information content (AvgIpc) is 2.38. The standard InChI is InChI=1S/C14H21ClN2O/c1-10(2)13-9-16-6-7-17(13)12-8-11(15)4-5-14(12)18-3/h4-5,8,10,13,16H,6-7,9H2,1-3H3. The fourth-order valence-corrected chi connectivity index (χ4v) is 2.67. The Balaban J connectivity index is 2.35. The second kappa shape index (κ2) is 5.81. The lowest BCUT2D eigenvalue weighted by molar-refractivity contribution is 0.377. The number of hydrogen-bond acceptors (Lipinski definition) is 3. The van der Waals surface area contributed by atoms with Gasteiger partial charge in [-0.2, -0.15) is 0 Å². The zero-order valence-corrected chi connectivity index (χ0v) is 12.0. The van der Waals surface area contributed by atoms with Crippen LogP contribution in [0.4, 0.5) is 5.69 Å². The predicted molar refractivity (Wildman–Crippen MR) is 76.8 cm³/mol. The molecule has 0 saturated carbocycles. The Kier molecular flexibility index (Phi) is 4.36. The van der Waals surface area contributed by atoms with Crippen molar-refractivity contribution in [1.29, 1.82) is 0 Å². The van der Waals surface area contributed by atoms with E-state index in [4.69, 9.17) is 16.3 Å². The van der Waals surface area contributed by atoms with Crippen molar-refractivity contribution in [2.24, 2.45) is 5.92 Å². The molecule has 100 valence electrons. The Morgan fingerprint density at radius 2 is 2.22 bits per heavy atom. The number of anilines is 1. The van der Waals surface area contributed by atoms with E-state index in [1.807, 2.05) is 18.2 Å². The Labute approximate surface area is 114 Å². The van der Waals surface area contributed by atoms with Gasteiger partial charge in [0.25, 0.3) is 0 Å². The van der Waals surface area contributed by atoms with E-state index in [9.17, 15) is 0 Å². The average molecular weight is 269 g/mol. The number of rotatable bonds is 3. The first kappa shape index (κ1) is 13.5. The van der Waals surface area contributed by atoms with E-state index < -0.39 is 0 Å². The number of halogens is 1. The van der Waals surface area contributed by atoms with Crippen LogP contribution in [0.5, 0.6) is 5.75 Å². The van der Waals surface area contributed by atoms with Gasteiger partial charge in [-0.25, -0.2) is 0 Å². The lowest BCUT2D eigenvalue weighted by Gasteiger charge is -2.40. The highest BCUT2D eigenvalue weighted by molar-refractivity contribution is 6.30. The van der Waals surface area contributed by atoms with Crippen molar-refractivity contribution in [3.8, 4) is 5.75 Å². The van der Waals surface area contributed by atoms with E-state index in [1.54, 1.807) is 7.11 Å². The summed E-state index contributed by atoms with van der Waals surface area (Å²) in [6, 6.07) is 6.29. The highest BCUT2D eigenvalue weighted by atomic mass is 35.5. The third-order valence-electron chi connectivity index (χ3n) is 3.50. The molecule has 0 bridgehead atoms. The number of ether oxygens (including phenoxy) is 1. The van der Waals surface area contributed by atoms with Crippen molar-refractivity contribution in [3.05, 3.63) is 23.2 Å². The molecule has 1 aliphatic heterocycles. The first-order valence-electron chi connectivity index (χ1n) is 6.44. The lowest BCUT2D eigenvalue weighted by Crippen LogP contribution is -2.53. The van der Waals surface area contributed by atoms with Gasteiger partial charge in [0.05, 0.1) is 12.8 Å². The van der Waals surface area contributed by atoms with Gasteiger partial charge in [0.2, 0.25) is 0 Å². The molecular weight excluding hydrogens is 248 g/mol. The monoisotopic (exact) mass is 268 g/mol. The number of nitrogens with one attached hydrogen (secondary N) is 1. The molecule has 4 heteroatoms. The minimum absolute atomic E-state index is 0.478. The van der Waals surface area contributed by atoms with E-state index in [2.05, 4.69) is 24.1 Å². The maximum Gasteiger partial charge on any atom is 0.142 e. The maximum absolute atomic E-state index is 6.12. The number of piperazine rings is 1. The first-order chi connectivity index (χ1) is 8.63. The molecule has 1 fully saturated rings. The van der Waals surface area contributed by atoms with Crippen LogP contribution < -0.4 is 15.0 Å². The predicted octanol–water partition coefficient (Wildman–Crippen LogP) is 2.78. The van der Waals surface area contributed by atoms with E-state index in [0.29, 0.717) is 12.0 Å². The van der Waals surface area contributed by atoms with Crippen LogP contribution in [0, 0.1) is 5.92 Å². The van der Waals surface area contributed by atoms with Gasteiger partial charge < -0.3 is 15.0 Å². The quantitative estimate of drug-likeness (QED) is 0.912. The maximum atomic E-state index is 6.12. The Bertz CT molecular complexity index is 409. The normalized spacial score (nSPS) is 20.3. The number of methoxy groups -OCH3 is 1. The van der Waals surface area contributed by atoms with Crippen molar-refractivity contribution >= 4 is 17.3 Å². The van der Waals surface area contributed by atoms with Crippen LogP contribution in [0.3, 0.4) is 0 Å². The molecule has 1 aromatic rings. The third-order valence-corrected chi connectivity index (χ3v) is 3.74. The molecule has 1 unspecified atom stereocenters. The van der Waals surface area contributed by atoms with Gasteiger partial charge in [0.15, 0.2) is 0 Å². The van der Waals surface area contributed by atoms with Crippen molar-refractivity contribution in [1.82, 2.24) is 5.32 Å². The molecule has 1 atom stereocenters. The molecule has 18 heavy (non-hydrogen) atoms. The Hall–Kier alpha value is -0.930. The molecule has 3 nitrogen and oxygen atoms in total. The summed E-state index contributed by atoms with van der Waals surface area (Å²) in [5.74, 6) is 1.48. The fourth-order valence-electron chi connectivity index (χ4n) is 2.51. The lowest BCUT2D eigenvalue weighted by atomic mass is 9.99. The second-order valence-electron chi connectivity index (χ2n) is 5.03. The van der Waals surface area contributed by atoms with Crippen LogP contribution in [0.25, 0.3) is 0 Å². The smallest absolute Gasteiger partial charge is 0.142 e. The zero-order valence-electron chi connectivity index (χ0n) is 11.2. The molecule has 0 spiro atoms. The van der Waals surface area contributed by atoms with Crippen LogP contribution >= 0.6 is 11.6 Å². The van der Waals surface area contributed by atoms with E-state index in [0.717, 1.165) is 36.1 Å². The topological polar surface area (TPSA) is 24.5 Å². The summed E-state index contributed by atoms with van der Waals surface area (Å²) in [5.41, 5.74) is 1.10. The van der Waals surface area contributed by atoms with E-state index in [1.165, 1.54) is 0 Å². The van der Waals surface area contributed by atoms with Gasteiger partial charge in [-0.1, -0.05) is 25.4 Å². The molecule has 0 aromatic heterocycles. The SMILES string of the molecule is COc1ccc(Cl)cc1N1CCNCC1C(C)C. The van der Waals surface area contributed by atoms with Crippen molar-refractivity contribution in [2.75, 3.05) is 31.6 Å². The molecule has 1 aliphatic rings. The van der Waals surface area contributed by atoms with Crippen LogP contribution in [0.15, 0.2) is 18.2 Å². The van der Waals surface area contributed by atoms with Gasteiger partial charge in [0, 0.05) is 30.7 Å². The number of benzene rings is 1. The molecule has 1 heterocycles. The van der Waals surface area contributed by atoms with Gasteiger partial charge in [-0.3, -0.25) is 0 Å².